The molecule has 168 valence electrons. The molecule has 5 nitrogen and oxygen atoms in total. The summed E-state index contributed by atoms with van der Waals surface area (Å²) in [6.07, 6.45) is -1.56. The SMILES string of the molecule is COC(=O)c1cc(C(F)(F)F)cc(CC2CCC(NC(=O)OC(C)(C)C)CC2)c1C. The Hall–Kier alpha value is -2.25. The van der Waals surface area contributed by atoms with Crippen molar-refractivity contribution in [2.24, 2.45) is 5.92 Å². The van der Waals surface area contributed by atoms with Gasteiger partial charge in [0.1, 0.15) is 5.60 Å². The highest BCUT2D eigenvalue weighted by molar-refractivity contribution is 5.91. The molecule has 1 aromatic carbocycles. The average Bonchev–Trinajstić information content (AvgIpc) is 2.61. The number of methoxy groups -OCH3 is 1. The third-order valence-electron chi connectivity index (χ3n) is 5.32. The molecule has 1 N–H and O–H groups in total. The van der Waals surface area contributed by atoms with Crippen LogP contribution in [0.5, 0.6) is 0 Å². The minimum Gasteiger partial charge on any atom is -0.465 e. The Morgan fingerprint density at radius 3 is 2.20 bits per heavy atom. The van der Waals surface area contributed by atoms with E-state index in [9.17, 15) is 22.8 Å². The number of hydrogen-bond acceptors (Lipinski definition) is 4. The van der Waals surface area contributed by atoms with E-state index in [1.165, 1.54) is 0 Å². The number of carbonyl (C=O) groups excluding carboxylic acids is 2. The van der Waals surface area contributed by atoms with Crippen molar-refractivity contribution in [3.8, 4) is 0 Å². The van der Waals surface area contributed by atoms with E-state index in [0.29, 0.717) is 17.5 Å². The molecule has 0 bridgehead atoms. The average molecular weight is 429 g/mol. The Kier molecular flexibility index (Phi) is 7.42. The predicted molar refractivity (Wildman–Crippen MR) is 106 cm³/mol. The number of benzene rings is 1. The number of amides is 1. The minimum atomic E-state index is -4.54. The third-order valence-corrected chi connectivity index (χ3v) is 5.32. The molecule has 2 rings (SSSR count). The molecule has 8 heteroatoms. The van der Waals surface area contributed by atoms with Gasteiger partial charge in [0.2, 0.25) is 0 Å². The first-order valence-corrected chi connectivity index (χ1v) is 10.1. The maximum atomic E-state index is 13.3. The second-order valence-electron chi connectivity index (χ2n) is 8.87. The van der Waals surface area contributed by atoms with E-state index in [1.807, 2.05) is 0 Å². The molecule has 0 spiro atoms. The predicted octanol–water partition coefficient (Wildman–Crippen LogP) is 5.43. The van der Waals surface area contributed by atoms with Crippen LogP contribution in [0, 0.1) is 12.8 Å². The molecule has 1 aliphatic carbocycles. The van der Waals surface area contributed by atoms with Crippen LogP contribution in [0.15, 0.2) is 12.1 Å². The quantitative estimate of drug-likeness (QED) is 0.649. The second kappa shape index (κ2) is 9.27. The molecule has 0 aliphatic heterocycles. The van der Waals surface area contributed by atoms with Gasteiger partial charge in [-0.05, 0) is 89.0 Å². The molecule has 0 heterocycles. The van der Waals surface area contributed by atoms with Gasteiger partial charge in [-0.25, -0.2) is 9.59 Å². The van der Waals surface area contributed by atoms with Gasteiger partial charge in [-0.1, -0.05) is 0 Å². The van der Waals surface area contributed by atoms with E-state index >= 15 is 0 Å². The maximum Gasteiger partial charge on any atom is 0.416 e. The summed E-state index contributed by atoms with van der Waals surface area (Å²) in [5.41, 5.74) is -0.441. The van der Waals surface area contributed by atoms with Crippen LogP contribution < -0.4 is 5.32 Å². The largest absolute Gasteiger partial charge is 0.465 e. The number of esters is 1. The van der Waals surface area contributed by atoms with E-state index < -0.39 is 29.4 Å². The van der Waals surface area contributed by atoms with Gasteiger partial charge in [0, 0.05) is 6.04 Å². The molecule has 0 aromatic heterocycles. The van der Waals surface area contributed by atoms with E-state index in [1.54, 1.807) is 27.7 Å². The fraction of sp³-hybridized carbons (Fsp3) is 0.636. The van der Waals surface area contributed by atoms with Crippen LogP contribution in [0.4, 0.5) is 18.0 Å². The van der Waals surface area contributed by atoms with Gasteiger partial charge in [0.15, 0.2) is 0 Å². The monoisotopic (exact) mass is 429 g/mol. The van der Waals surface area contributed by atoms with Crippen molar-refractivity contribution in [1.82, 2.24) is 5.32 Å². The van der Waals surface area contributed by atoms with Crippen molar-refractivity contribution < 1.29 is 32.2 Å². The van der Waals surface area contributed by atoms with Crippen molar-refractivity contribution >= 4 is 12.1 Å². The highest BCUT2D eigenvalue weighted by Gasteiger charge is 2.33. The Morgan fingerprint density at radius 1 is 1.10 bits per heavy atom. The van der Waals surface area contributed by atoms with Gasteiger partial charge >= 0.3 is 18.2 Å². The van der Waals surface area contributed by atoms with Crippen molar-refractivity contribution in [2.45, 2.75) is 77.6 Å². The number of halogens is 3. The number of alkyl halides is 3. The molecule has 0 radical (unpaired) electrons. The van der Waals surface area contributed by atoms with E-state index in [-0.39, 0.29) is 17.5 Å². The highest BCUT2D eigenvalue weighted by atomic mass is 19.4. The topological polar surface area (TPSA) is 64.6 Å². The van der Waals surface area contributed by atoms with Crippen molar-refractivity contribution in [3.05, 3.63) is 34.4 Å². The van der Waals surface area contributed by atoms with E-state index in [2.05, 4.69) is 10.1 Å². The molecule has 0 atom stereocenters. The van der Waals surface area contributed by atoms with E-state index in [0.717, 1.165) is 44.9 Å². The van der Waals surface area contributed by atoms with Crippen LogP contribution in [0.3, 0.4) is 0 Å². The summed E-state index contributed by atoms with van der Waals surface area (Å²) in [6, 6.07) is 1.98. The maximum absolute atomic E-state index is 13.3. The Balaban J connectivity index is 2.07. The Morgan fingerprint density at radius 2 is 1.70 bits per heavy atom. The van der Waals surface area contributed by atoms with Crippen molar-refractivity contribution in [2.75, 3.05) is 7.11 Å². The lowest BCUT2D eigenvalue weighted by Gasteiger charge is -2.30. The zero-order chi connectivity index (χ0) is 22.7. The lowest BCUT2D eigenvalue weighted by molar-refractivity contribution is -0.137. The van der Waals surface area contributed by atoms with Gasteiger partial charge in [0.05, 0.1) is 18.2 Å². The van der Waals surface area contributed by atoms with Gasteiger partial charge in [-0.15, -0.1) is 0 Å². The molecule has 1 saturated carbocycles. The summed E-state index contributed by atoms with van der Waals surface area (Å²) in [7, 11) is 1.15. The summed E-state index contributed by atoms with van der Waals surface area (Å²) in [4.78, 5) is 23.9. The molecular weight excluding hydrogens is 399 g/mol. The molecule has 1 aliphatic rings. The number of carbonyl (C=O) groups is 2. The van der Waals surface area contributed by atoms with Crippen molar-refractivity contribution in [1.29, 1.82) is 0 Å². The lowest BCUT2D eigenvalue weighted by atomic mass is 9.81. The second-order valence-corrected chi connectivity index (χ2v) is 8.87. The molecule has 0 saturated heterocycles. The molecular formula is C22H30F3NO4. The van der Waals surface area contributed by atoms with Gasteiger partial charge in [0.25, 0.3) is 0 Å². The first kappa shape index (κ1) is 24.0. The zero-order valence-electron chi connectivity index (χ0n) is 18.1. The number of nitrogens with one attached hydrogen (secondary N) is 1. The summed E-state index contributed by atoms with van der Waals surface area (Å²) in [5.74, 6) is -0.598. The molecule has 0 unspecified atom stereocenters. The minimum absolute atomic E-state index is 0.00987. The number of ether oxygens (including phenoxy) is 2. The zero-order valence-corrected chi connectivity index (χ0v) is 18.1. The van der Waals surface area contributed by atoms with Crippen LogP contribution in [-0.4, -0.2) is 30.8 Å². The Labute approximate surface area is 175 Å². The molecule has 1 aromatic rings. The van der Waals surface area contributed by atoms with Crippen LogP contribution in [0.2, 0.25) is 0 Å². The summed E-state index contributed by atoms with van der Waals surface area (Å²) >= 11 is 0. The van der Waals surface area contributed by atoms with Crippen LogP contribution in [-0.2, 0) is 22.1 Å². The van der Waals surface area contributed by atoms with Crippen LogP contribution >= 0.6 is 0 Å². The smallest absolute Gasteiger partial charge is 0.416 e. The molecule has 1 amide bonds. The van der Waals surface area contributed by atoms with Gasteiger partial charge in [-0.3, -0.25) is 0 Å². The van der Waals surface area contributed by atoms with E-state index in [4.69, 9.17) is 4.74 Å². The first-order chi connectivity index (χ1) is 13.8. The Bertz CT molecular complexity index is 776. The summed E-state index contributed by atoms with van der Waals surface area (Å²) in [5, 5.41) is 2.86. The van der Waals surface area contributed by atoms with Gasteiger partial charge < -0.3 is 14.8 Å². The summed E-state index contributed by atoms with van der Waals surface area (Å²) < 4.78 is 49.9. The number of rotatable bonds is 4. The fourth-order valence-electron chi connectivity index (χ4n) is 3.77. The molecule has 30 heavy (non-hydrogen) atoms. The highest BCUT2D eigenvalue weighted by Crippen LogP contribution is 2.35. The summed E-state index contributed by atoms with van der Waals surface area (Å²) in [6.45, 7) is 7.04. The first-order valence-electron chi connectivity index (χ1n) is 10.1. The number of alkyl carbamates (subject to hydrolysis) is 1. The fourth-order valence-corrected chi connectivity index (χ4v) is 3.77. The molecule has 1 fully saturated rings. The number of hydrogen-bond donors (Lipinski definition) is 1. The van der Waals surface area contributed by atoms with Crippen molar-refractivity contribution in [3.63, 3.8) is 0 Å². The van der Waals surface area contributed by atoms with Crippen LogP contribution in [0.1, 0.15) is 73.5 Å². The lowest BCUT2D eigenvalue weighted by Crippen LogP contribution is -2.41. The third kappa shape index (κ3) is 6.64. The normalized spacial score (nSPS) is 19.9. The standard InChI is InChI=1S/C22H30F3NO4/c1-13-15(11-16(22(23,24)25)12-18(13)19(27)29-5)10-14-6-8-17(9-7-14)26-20(28)30-21(2,3)4/h11-12,14,17H,6-10H2,1-5H3,(H,26,28). The van der Waals surface area contributed by atoms with Gasteiger partial charge in [-0.2, -0.15) is 13.2 Å². The van der Waals surface area contributed by atoms with Crippen LogP contribution in [0.25, 0.3) is 0 Å².